The Hall–Kier alpha value is -1.02. The van der Waals surface area contributed by atoms with Crippen LogP contribution in [0.15, 0.2) is 24.3 Å². The first-order valence-electron chi connectivity index (χ1n) is 8.21. The molecule has 0 bridgehead atoms. The minimum Gasteiger partial charge on any atom is -0.493 e. The van der Waals surface area contributed by atoms with Gasteiger partial charge in [0.05, 0.1) is 6.61 Å². The van der Waals surface area contributed by atoms with Gasteiger partial charge in [0, 0.05) is 0 Å². The Labute approximate surface area is 123 Å². The van der Waals surface area contributed by atoms with Crippen LogP contribution in [0, 0.1) is 11.8 Å². The molecule has 0 amide bonds. The molecule has 0 aliphatic heterocycles. The van der Waals surface area contributed by atoms with E-state index in [1.54, 1.807) is 0 Å². The van der Waals surface area contributed by atoms with Gasteiger partial charge in [-0.3, -0.25) is 0 Å². The lowest BCUT2D eigenvalue weighted by molar-refractivity contribution is 0.228. The first-order valence-corrected chi connectivity index (χ1v) is 8.21. The molecule has 1 aromatic rings. The van der Waals surface area contributed by atoms with E-state index in [-0.39, 0.29) is 0 Å². The van der Waals surface area contributed by atoms with E-state index in [9.17, 15) is 0 Å². The predicted molar refractivity (Wildman–Crippen MR) is 85.1 cm³/mol. The summed E-state index contributed by atoms with van der Waals surface area (Å²) >= 11 is 0. The maximum atomic E-state index is 6.03. The Kier molecular flexibility index (Phi) is 5.90. The van der Waals surface area contributed by atoms with Crippen LogP contribution in [0.5, 0.6) is 5.75 Å². The standard InChI is InChI=1S/C18H29NO/c1-3-11-20-18-8-6-5-7-16(18)17-12-14(4-2)9-10-15(17)13-19/h5-8,14-15,17H,3-4,9-13,19H2,1-2H3. The summed E-state index contributed by atoms with van der Waals surface area (Å²) < 4.78 is 5.96. The van der Waals surface area contributed by atoms with Gasteiger partial charge in [-0.25, -0.2) is 0 Å². The molecule has 3 atom stereocenters. The molecule has 2 nitrogen and oxygen atoms in total. The first kappa shape index (κ1) is 15.4. The Morgan fingerprint density at radius 2 is 2.00 bits per heavy atom. The Balaban J connectivity index is 2.22. The monoisotopic (exact) mass is 275 g/mol. The van der Waals surface area contributed by atoms with Crippen molar-refractivity contribution in [1.29, 1.82) is 0 Å². The fourth-order valence-corrected chi connectivity index (χ4v) is 3.48. The average Bonchev–Trinajstić information content (AvgIpc) is 2.52. The summed E-state index contributed by atoms with van der Waals surface area (Å²) in [6.07, 6.45) is 6.21. The largest absolute Gasteiger partial charge is 0.493 e. The van der Waals surface area contributed by atoms with Crippen LogP contribution in [0.4, 0.5) is 0 Å². The number of benzene rings is 1. The third-order valence-electron chi connectivity index (χ3n) is 4.76. The highest BCUT2D eigenvalue weighted by molar-refractivity contribution is 5.37. The molecule has 0 aromatic heterocycles. The van der Waals surface area contributed by atoms with Crippen molar-refractivity contribution < 1.29 is 4.74 Å². The van der Waals surface area contributed by atoms with Crippen LogP contribution >= 0.6 is 0 Å². The molecule has 3 unspecified atom stereocenters. The zero-order valence-electron chi connectivity index (χ0n) is 13.0. The summed E-state index contributed by atoms with van der Waals surface area (Å²) in [5.74, 6) is 3.12. The predicted octanol–water partition coefficient (Wildman–Crippen LogP) is 4.34. The highest BCUT2D eigenvalue weighted by Gasteiger charge is 2.31. The van der Waals surface area contributed by atoms with E-state index in [1.807, 2.05) is 0 Å². The molecule has 0 spiro atoms. The number of rotatable bonds is 6. The highest BCUT2D eigenvalue weighted by atomic mass is 16.5. The summed E-state index contributed by atoms with van der Waals surface area (Å²) in [7, 11) is 0. The normalized spacial score (nSPS) is 26.4. The molecule has 0 saturated heterocycles. The third-order valence-corrected chi connectivity index (χ3v) is 4.76. The third kappa shape index (κ3) is 3.54. The van der Waals surface area contributed by atoms with E-state index < -0.39 is 0 Å². The maximum Gasteiger partial charge on any atom is 0.122 e. The Morgan fingerprint density at radius 1 is 1.20 bits per heavy atom. The molecule has 1 fully saturated rings. The second kappa shape index (κ2) is 7.68. The Morgan fingerprint density at radius 3 is 2.70 bits per heavy atom. The maximum absolute atomic E-state index is 6.03. The molecule has 1 saturated carbocycles. The van der Waals surface area contributed by atoms with E-state index in [0.29, 0.717) is 11.8 Å². The van der Waals surface area contributed by atoms with Gasteiger partial charge in [-0.05, 0) is 55.2 Å². The van der Waals surface area contributed by atoms with Crippen molar-refractivity contribution in [3.05, 3.63) is 29.8 Å². The lowest BCUT2D eigenvalue weighted by atomic mass is 9.70. The van der Waals surface area contributed by atoms with Gasteiger partial charge in [0.2, 0.25) is 0 Å². The van der Waals surface area contributed by atoms with E-state index in [1.165, 1.54) is 31.2 Å². The zero-order chi connectivity index (χ0) is 14.4. The molecule has 1 aliphatic rings. The van der Waals surface area contributed by atoms with Crippen LogP contribution in [0.2, 0.25) is 0 Å². The van der Waals surface area contributed by atoms with Gasteiger partial charge in [-0.15, -0.1) is 0 Å². The second-order valence-corrected chi connectivity index (χ2v) is 6.08. The topological polar surface area (TPSA) is 35.2 Å². The molecule has 1 aromatic carbocycles. The molecule has 20 heavy (non-hydrogen) atoms. The van der Waals surface area contributed by atoms with Crippen molar-refractivity contribution in [3.8, 4) is 5.75 Å². The zero-order valence-corrected chi connectivity index (χ0v) is 13.0. The van der Waals surface area contributed by atoms with Crippen molar-refractivity contribution in [1.82, 2.24) is 0 Å². The SMILES string of the molecule is CCCOc1ccccc1C1CC(CC)CCC1CN. The molecule has 2 rings (SSSR count). The summed E-state index contributed by atoms with van der Waals surface area (Å²) in [5.41, 5.74) is 7.41. The fourth-order valence-electron chi connectivity index (χ4n) is 3.48. The van der Waals surface area contributed by atoms with Crippen molar-refractivity contribution >= 4 is 0 Å². The molecular formula is C18H29NO. The molecule has 112 valence electrons. The smallest absolute Gasteiger partial charge is 0.122 e. The lowest BCUT2D eigenvalue weighted by Gasteiger charge is -2.36. The molecule has 0 radical (unpaired) electrons. The van der Waals surface area contributed by atoms with Crippen molar-refractivity contribution in [2.75, 3.05) is 13.2 Å². The number of ether oxygens (including phenoxy) is 1. The van der Waals surface area contributed by atoms with Gasteiger partial charge >= 0.3 is 0 Å². The Bertz CT molecular complexity index is 404. The molecule has 0 heterocycles. The number of nitrogens with two attached hydrogens (primary N) is 1. The van der Waals surface area contributed by atoms with E-state index in [4.69, 9.17) is 10.5 Å². The summed E-state index contributed by atoms with van der Waals surface area (Å²) in [6.45, 7) is 6.06. The van der Waals surface area contributed by atoms with Crippen LogP contribution in [-0.2, 0) is 0 Å². The second-order valence-electron chi connectivity index (χ2n) is 6.08. The summed E-state index contributed by atoms with van der Waals surface area (Å²) in [6, 6.07) is 8.58. The minimum absolute atomic E-state index is 0.576. The first-order chi connectivity index (χ1) is 9.80. The van der Waals surface area contributed by atoms with Crippen LogP contribution in [-0.4, -0.2) is 13.2 Å². The van der Waals surface area contributed by atoms with E-state index >= 15 is 0 Å². The summed E-state index contributed by atoms with van der Waals surface area (Å²) in [4.78, 5) is 0. The summed E-state index contributed by atoms with van der Waals surface area (Å²) in [5, 5.41) is 0. The van der Waals surface area contributed by atoms with Crippen LogP contribution in [0.1, 0.15) is 57.4 Å². The van der Waals surface area contributed by atoms with Crippen LogP contribution in [0.25, 0.3) is 0 Å². The van der Waals surface area contributed by atoms with E-state index in [2.05, 4.69) is 38.1 Å². The lowest BCUT2D eigenvalue weighted by Crippen LogP contribution is -2.29. The van der Waals surface area contributed by atoms with Crippen molar-refractivity contribution in [3.63, 3.8) is 0 Å². The quantitative estimate of drug-likeness (QED) is 0.838. The van der Waals surface area contributed by atoms with Gasteiger partial charge in [0.15, 0.2) is 0 Å². The van der Waals surface area contributed by atoms with Gasteiger partial charge in [-0.2, -0.15) is 0 Å². The van der Waals surface area contributed by atoms with Crippen LogP contribution in [0.3, 0.4) is 0 Å². The van der Waals surface area contributed by atoms with Gasteiger partial charge in [0.1, 0.15) is 5.75 Å². The van der Waals surface area contributed by atoms with Crippen LogP contribution < -0.4 is 10.5 Å². The van der Waals surface area contributed by atoms with E-state index in [0.717, 1.165) is 31.2 Å². The van der Waals surface area contributed by atoms with Crippen molar-refractivity contribution in [2.24, 2.45) is 17.6 Å². The number of para-hydroxylation sites is 1. The molecule has 2 heteroatoms. The van der Waals surface area contributed by atoms with Gasteiger partial charge < -0.3 is 10.5 Å². The number of hydrogen-bond donors (Lipinski definition) is 1. The highest BCUT2D eigenvalue weighted by Crippen LogP contribution is 2.44. The molecule has 2 N–H and O–H groups in total. The number of hydrogen-bond acceptors (Lipinski definition) is 2. The molecule has 1 aliphatic carbocycles. The van der Waals surface area contributed by atoms with Gasteiger partial charge in [0.25, 0.3) is 0 Å². The fraction of sp³-hybridized carbons (Fsp3) is 0.667. The molecular weight excluding hydrogens is 246 g/mol. The van der Waals surface area contributed by atoms with Crippen molar-refractivity contribution in [2.45, 2.75) is 51.9 Å². The average molecular weight is 275 g/mol. The van der Waals surface area contributed by atoms with Gasteiger partial charge in [-0.1, -0.05) is 44.9 Å². The minimum atomic E-state index is 0.576.